The van der Waals surface area contributed by atoms with E-state index in [1.807, 2.05) is 19.1 Å². The Balaban J connectivity index is 2.12. The van der Waals surface area contributed by atoms with Gasteiger partial charge in [0.25, 0.3) is 0 Å². The summed E-state index contributed by atoms with van der Waals surface area (Å²) in [4.78, 5) is 10.9. The minimum Gasteiger partial charge on any atom is -0.488 e. The van der Waals surface area contributed by atoms with Crippen LogP contribution in [-0.2, 0) is 20.7 Å². The second-order valence-electron chi connectivity index (χ2n) is 6.89. The SMILES string of the molecule is C=CC(=O)OCCOCC(C)Oc1ccc(CCCCCCCCC)cc1. The zero-order chi connectivity index (χ0) is 19.7. The van der Waals surface area contributed by atoms with Gasteiger partial charge in [0, 0.05) is 6.08 Å². The van der Waals surface area contributed by atoms with Crippen LogP contribution in [-0.4, -0.2) is 31.9 Å². The number of unbranched alkanes of at least 4 members (excludes halogenated alkanes) is 6. The topological polar surface area (TPSA) is 44.8 Å². The molecule has 0 radical (unpaired) electrons. The van der Waals surface area contributed by atoms with Crippen LogP contribution in [0.3, 0.4) is 0 Å². The average molecular weight is 377 g/mol. The van der Waals surface area contributed by atoms with Crippen molar-refractivity contribution in [3.8, 4) is 5.75 Å². The Morgan fingerprint density at radius 2 is 1.70 bits per heavy atom. The van der Waals surface area contributed by atoms with Crippen molar-refractivity contribution in [2.45, 2.75) is 71.3 Å². The number of ether oxygens (including phenoxy) is 3. The lowest BCUT2D eigenvalue weighted by atomic mass is 10.0. The molecule has 0 aliphatic rings. The van der Waals surface area contributed by atoms with Crippen LogP contribution < -0.4 is 4.74 Å². The molecule has 4 nitrogen and oxygen atoms in total. The van der Waals surface area contributed by atoms with Gasteiger partial charge in [0.05, 0.1) is 13.2 Å². The number of benzene rings is 1. The number of hydrogen-bond acceptors (Lipinski definition) is 4. The fourth-order valence-corrected chi connectivity index (χ4v) is 2.80. The van der Waals surface area contributed by atoms with E-state index in [9.17, 15) is 4.79 Å². The van der Waals surface area contributed by atoms with Crippen LogP contribution in [0.1, 0.15) is 64.4 Å². The molecule has 1 atom stereocenters. The van der Waals surface area contributed by atoms with Crippen LogP contribution in [0.2, 0.25) is 0 Å². The zero-order valence-electron chi connectivity index (χ0n) is 17.1. The first-order chi connectivity index (χ1) is 13.2. The third-order valence-corrected chi connectivity index (χ3v) is 4.32. The Bertz CT molecular complexity index is 510. The fraction of sp³-hybridized carbons (Fsp3) is 0.609. The number of esters is 1. The van der Waals surface area contributed by atoms with Gasteiger partial charge in [-0.05, 0) is 37.5 Å². The molecule has 1 aromatic carbocycles. The molecule has 1 rings (SSSR count). The van der Waals surface area contributed by atoms with E-state index >= 15 is 0 Å². The highest BCUT2D eigenvalue weighted by Gasteiger charge is 2.05. The lowest BCUT2D eigenvalue weighted by molar-refractivity contribution is -0.139. The van der Waals surface area contributed by atoms with Crippen LogP contribution >= 0.6 is 0 Å². The number of aryl methyl sites for hydroxylation is 1. The highest BCUT2D eigenvalue weighted by Crippen LogP contribution is 2.16. The summed E-state index contributed by atoms with van der Waals surface area (Å²) in [6.45, 7) is 8.58. The van der Waals surface area contributed by atoms with E-state index in [0.717, 1.165) is 18.2 Å². The Kier molecular flexibility index (Phi) is 13.1. The van der Waals surface area contributed by atoms with Gasteiger partial charge in [0.1, 0.15) is 18.5 Å². The molecular weight excluding hydrogens is 340 g/mol. The Morgan fingerprint density at radius 3 is 2.37 bits per heavy atom. The standard InChI is InChI=1S/C23H36O4/c1-4-6-7-8-9-10-11-12-21-13-15-22(16-14-21)27-20(3)19-25-17-18-26-23(24)5-2/h5,13-16,20H,2,4,6-12,17-19H2,1,3H3. The molecule has 1 unspecified atom stereocenters. The van der Waals surface area contributed by atoms with E-state index in [1.165, 1.54) is 50.5 Å². The summed E-state index contributed by atoms with van der Waals surface area (Å²) < 4.78 is 16.1. The average Bonchev–Trinajstić information content (AvgIpc) is 2.68. The molecular formula is C23H36O4. The summed E-state index contributed by atoms with van der Waals surface area (Å²) in [7, 11) is 0. The molecule has 0 bridgehead atoms. The summed E-state index contributed by atoms with van der Waals surface area (Å²) in [5.41, 5.74) is 1.36. The summed E-state index contributed by atoms with van der Waals surface area (Å²) in [6, 6.07) is 8.35. The Morgan fingerprint density at radius 1 is 1.04 bits per heavy atom. The fourth-order valence-electron chi connectivity index (χ4n) is 2.80. The van der Waals surface area contributed by atoms with Crippen molar-refractivity contribution >= 4 is 5.97 Å². The Labute approximate surface area is 164 Å². The van der Waals surface area contributed by atoms with Gasteiger partial charge >= 0.3 is 5.97 Å². The lowest BCUT2D eigenvalue weighted by Gasteiger charge is -2.15. The van der Waals surface area contributed by atoms with Crippen LogP contribution in [0.4, 0.5) is 0 Å². The number of carbonyl (C=O) groups is 1. The molecule has 1 aromatic rings. The van der Waals surface area contributed by atoms with E-state index in [0.29, 0.717) is 13.2 Å². The minimum absolute atomic E-state index is 0.0610. The second-order valence-corrected chi connectivity index (χ2v) is 6.89. The van der Waals surface area contributed by atoms with Gasteiger partial charge in [0.2, 0.25) is 0 Å². The normalized spacial score (nSPS) is 11.8. The third-order valence-electron chi connectivity index (χ3n) is 4.32. The first-order valence-corrected chi connectivity index (χ1v) is 10.3. The highest BCUT2D eigenvalue weighted by molar-refractivity contribution is 5.81. The molecule has 0 saturated carbocycles. The quantitative estimate of drug-likeness (QED) is 0.217. The van der Waals surface area contributed by atoms with Gasteiger partial charge in [-0.3, -0.25) is 0 Å². The van der Waals surface area contributed by atoms with Crippen molar-refractivity contribution < 1.29 is 19.0 Å². The third kappa shape index (κ3) is 12.2. The molecule has 0 heterocycles. The second kappa shape index (κ2) is 15.3. The monoisotopic (exact) mass is 376 g/mol. The van der Waals surface area contributed by atoms with Gasteiger partial charge in [0.15, 0.2) is 0 Å². The molecule has 0 aliphatic heterocycles. The highest BCUT2D eigenvalue weighted by atomic mass is 16.6. The molecule has 0 aromatic heterocycles. The smallest absolute Gasteiger partial charge is 0.330 e. The Hall–Kier alpha value is -1.81. The van der Waals surface area contributed by atoms with Crippen LogP contribution in [0.5, 0.6) is 5.75 Å². The minimum atomic E-state index is -0.431. The molecule has 0 N–H and O–H groups in total. The predicted molar refractivity (Wildman–Crippen MR) is 110 cm³/mol. The zero-order valence-corrected chi connectivity index (χ0v) is 17.1. The molecule has 0 amide bonds. The largest absolute Gasteiger partial charge is 0.488 e. The van der Waals surface area contributed by atoms with E-state index in [-0.39, 0.29) is 12.7 Å². The molecule has 0 saturated heterocycles. The van der Waals surface area contributed by atoms with E-state index in [1.54, 1.807) is 0 Å². The van der Waals surface area contributed by atoms with Crippen LogP contribution in [0.15, 0.2) is 36.9 Å². The van der Waals surface area contributed by atoms with Crippen molar-refractivity contribution in [1.29, 1.82) is 0 Å². The summed E-state index contributed by atoms with van der Waals surface area (Å²) >= 11 is 0. The van der Waals surface area contributed by atoms with Crippen LogP contribution in [0, 0.1) is 0 Å². The van der Waals surface area contributed by atoms with Gasteiger partial charge < -0.3 is 14.2 Å². The molecule has 0 spiro atoms. The maximum Gasteiger partial charge on any atom is 0.330 e. The van der Waals surface area contributed by atoms with Gasteiger partial charge in [-0.1, -0.05) is 64.2 Å². The molecule has 4 heteroatoms. The summed E-state index contributed by atoms with van der Waals surface area (Å²) in [6.07, 6.45) is 11.6. The first kappa shape index (κ1) is 23.2. The van der Waals surface area contributed by atoms with Crippen molar-refractivity contribution in [3.63, 3.8) is 0 Å². The molecule has 152 valence electrons. The van der Waals surface area contributed by atoms with Crippen molar-refractivity contribution in [2.75, 3.05) is 19.8 Å². The van der Waals surface area contributed by atoms with Gasteiger partial charge in [-0.2, -0.15) is 0 Å². The van der Waals surface area contributed by atoms with E-state index in [2.05, 4.69) is 25.6 Å². The maximum absolute atomic E-state index is 10.9. The molecule has 0 aliphatic carbocycles. The maximum atomic E-state index is 10.9. The van der Waals surface area contributed by atoms with Crippen molar-refractivity contribution in [3.05, 3.63) is 42.5 Å². The summed E-state index contributed by atoms with van der Waals surface area (Å²) in [5, 5.41) is 0. The summed E-state index contributed by atoms with van der Waals surface area (Å²) in [5.74, 6) is 0.423. The number of rotatable bonds is 16. The molecule has 27 heavy (non-hydrogen) atoms. The van der Waals surface area contributed by atoms with Gasteiger partial charge in [-0.25, -0.2) is 4.79 Å². The number of carbonyl (C=O) groups excluding carboxylic acids is 1. The van der Waals surface area contributed by atoms with E-state index < -0.39 is 5.97 Å². The predicted octanol–water partition coefficient (Wildman–Crippen LogP) is 5.49. The van der Waals surface area contributed by atoms with Crippen molar-refractivity contribution in [1.82, 2.24) is 0 Å². The van der Waals surface area contributed by atoms with Crippen LogP contribution in [0.25, 0.3) is 0 Å². The lowest BCUT2D eigenvalue weighted by Crippen LogP contribution is -2.21. The van der Waals surface area contributed by atoms with Gasteiger partial charge in [-0.15, -0.1) is 0 Å². The number of hydrogen-bond donors (Lipinski definition) is 0. The van der Waals surface area contributed by atoms with Crippen molar-refractivity contribution in [2.24, 2.45) is 0 Å². The first-order valence-electron chi connectivity index (χ1n) is 10.3. The van der Waals surface area contributed by atoms with E-state index in [4.69, 9.17) is 14.2 Å². The molecule has 0 fully saturated rings.